The fourth-order valence-electron chi connectivity index (χ4n) is 2.64. The average molecular weight is 261 g/mol. The molecule has 5 nitrogen and oxygen atoms in total. The van der Waals surface area contributed by atoms with E-state index in [1.54, 1.807) is 6.92 Å². The van der Waals surface area contributed by atoms with Crippen molar-refractivity contribution in [3.05, 3.63) is 35.9 Å². The van der Waals surface area contributed by atoms with Crippen molar-refractivity contribution in [3.63, 3.8) is 0 Å². The van der Waals surface area contributed by atoms with Crippen LogP contribution in [-0.4, -0.2) is 35.2 Å². The molecule has 0 radical (unpaired) electrons. The van der Waals surface area contributed by atoms with Gasteiger partial charge in [-0.2, -0.15) is 0 Å². The van der Waals surface area contributed by atoms with Gasteiger partial charge in [0.15, 0.2) is 0 Å². The highest BCUT2D eigenvalue weighted by atomic mass is 16.6. The Morgan fingerprint density at radius 1 is 1.37 bits per heavy atom. The SMILES string of the molecule is C[C@]12C[C@H](OCc3ccccc3)CN1C(=O)OC2=O. The van der Waals surface area contributed by atoms with E-state index in [1.807, 2.05) is 30.3 Å². The summed E-state index contributed by atoms with van der Waals surface area (Å²) in [7, 11) is 0. The molecule has 0 saturated carbocycles. The number of carbonyl (C=O) groups excluding carboxylic acids is 2. The molecule has 1 aromatic carbocycles. The fraction of sp³-hybridized carbons (Fsp3) is 0.429. The Morgan fingerprint density at radius 3 is 2.79 bits per heavy atom. The minimum atomic E-state index is -0.849. The second-order valence-corrected chi connectivity index (χ2v) is 5.16. The number of benzene rings is 1. The zero-order valence-corrected chi connectivity index (χ0v) is 10.7. The second-order valence-electron chi connectivity index (χ2n) is 5.16. The molecule has 0 unspecified atom stereocenters. The normalized spacial score (nSPS) is 29.5. The molecule has 3 rings (SSSR count). The summed E-state index contributed by atoms with van der Waals surface area (Å²) in [4.78, 5) is 24.6. The maximum Gasteiger partial charge on any atom is 0.418 e. The molecule has 2 heterocycles. The Kier molecular flexibility index (Phi) is 2.78. The van der Waals surface area contributed by atoms with Crippen molar-refractivity contribution in [2.24, 2.45) is 0 Å². The van der Waals surface area contributed by atoms with Crippen molar-refractivity contribution in [2.75, 3.05) is 6.54 Å². The maximum absolute atomic E-state index is 11.7. The van der Waals surface area contributed by atoms with Crippen molar-refractivity contribution in [1.82, 2.24) is 4.90 Å². The molecule has 0 N–H and O–H groups in total. The lowest BCUT2D eigenvalue weighted by atomic mass is 9.99. The number of hydrogen-bond donors (Lipinski definition) is 0. The van der Waals surface area contributed by atoms with Gasteiger partial charge >= 0.3 is 12.1 Å². The number of rotatable bonds is 3. The van der Waals surface area contributed by atoms with Gasteiger partial charge < -0.3 is 9.47 Å². The summed E-state index contributed by atoms with van der Waals surface area (Å²) < 4.78 is 10.4. The summed E-state index contributed by atoms with van der Waals surface area (Å²) in [5.41, 5.74) is 0.229. The van der Waals surface area contributed by atoms with Crippen LogP contribution in [0, 0.1) is 0 Å². The first kappa shape index (κ1) is 12.2. The third-order valence-corrected chi connectivity index (χ3v) is 3.78. The Morgan fingerprint density at radius 2 is 2.11 bits per heavy atom. The smallest absolute Gasteiger partial charge is 0.374 e. The van der Waals surface area contributed by atoms with Crippen LogP contribution in [0.15, 0.2) is 30.3 Å². The Labute approximate surface area is 111 Å². The van der Waals surface area contributed by atoms with E-state index in [9.17, 15) is 9.59 Å². The molecule has 0 bridgehead atoms. The Balaban J connectivity index is 1.64. The van der Waals surface area contributed by atoms with Crippen LogP contribution in [0.25, 0.3) is 0 Å². The first-order chi connectivity index (χ1) is 9.09. The van der Waals surface area contributed by atoms with Gasteiger partial charge in [0.1, 0.15) is 5.54 Å². The number of hydrogen-bond acceptors (Lipinski definition) is 4. The Hall–Kier alpha value is -1.88. The van der Waals surface area contributed by atoms with Crippen LogP contribution in [-0.2, 0) is 20.9 Å². The molecule has 5 heteroatoms. The quantitative estimate of drug-likeness (QED) is 0.614. The highest BCUT2D eigenvalue weighted by molar-refractivity contribution is 5.99. The van der Waals surface area contributed by atoms with E-state index in [2.05, 4.69) is 4.74 Å². The number of carbonyl (C=O) groups is 2. The lowest BCUT2D eigenvalue weighted by molar-refractivity contribution is -0.139. The first-order valence-corrected chi connectivity index (χ1v) is 6.29. The molecule has 2 atom stereocenters. The molecule has 2 aliphatic rings. The molecular formula is C14H15NO4. The van der Waals surface area contributed by atoms with Crippen molar-refractivity contribution in [1.29, 1.82) is 0 Å². The molecule has 1 amide bonds. The average Bonchev–Trinajstić information content (AvgIpc) is 2.85. The molecule has 2 aliphatic heterocycles. The summed E-state index contributed by atoms with van der Waals surface area (Å²) in [6, 6.07) is 9.82. The summed E-state index contributed by atoms with van der Waals surface area (Å²) >= 11 is 0. The van der Waals surface area contributed by atoms with Gasteiger partial charge in [-0.25, -0.2) is 9.59 Å². The monoisotopic (exact) mass is 261 g/mol. The number of nitrogens with zero attached hydrogens (tertiary/aromatic N) is 1. The standard InChI is InChI=1S/C14H15NO4/c1-14-7-11(8-15(14)13(17)19-12(14)16)18-9-10-5-3-2-4-6-10/h2-6,11H,7-9H2,1H3/t11-,14+/m0/s1. The van der Waals surface area contributed by atoms with Gasteiger partial charge in [0.2, 0.25) is 0 Å². The zero-order chi connectivity index (χ0) is 13.5. The van der Waals surface area contributed by atoms with Crippen LogP contribution >= 0.6 is 0 Å². The highest BCUT2D eigenvalue weighted by Crippen LogP contribution is 2.37. The summed E-state index contributed by atoms with van der Waals surface area (Å²) in [5, 5.41) is 0. The van der Waals surface area contributed by atoms with E-state index < -0.39 is 17.6 Å². The molecule has 2 fully saturated rings. The highest BCUT2D eigenvalue weighted by Gasteiger charge is 2.57. The summed E-state index contributed by atoms with van der Waals surface area (Å²) in [5.74, 6) is -0.469. The fourth-order valence-corrected chi connectivity index (χ4v) is 2.64. The summed E-state index contributed by atoms with van der Waals surface area (Å²) in [6.45, 7) is 2.62. The van der Waals surface area contributed by atoms with E-state index >= 15 is 0 Å². The molecule has 0 aromatic heterocycles. The Bertz CT molecular complexity index is 515. The third kappa shape index (κ3) is 2.00. The van der Waals surface area contributed by atoms with Crippen LogP contribution < -0.4 is 0 Å². The largest absolute Gasteiger partial charge is 0.418 e. The van der Waals surface area contributed by atoms with E-state index in [-0.39, 0.29) is 6.10 Å². The van der Waals surface area contributed by atoms with Crippen LogP contribution in [0.1, 0.15) is 18.9 Å². The lowest BCUT2D eigenvalue weighted by Crippen LogP contribution is -2.41. The van der Waals surface area contributed by atoms with Gasteiger partial charge in [-0.05, 0) is 12.5 Å². The second kappa shape index (κ2) is 4.35. The van der Waals surface area contributed by atoms with Crippen LogP contribution in [0.2, 0.25) is 0 Å². The van der Waals surface area contributed by atoms with Gasteiger partial charge in [0.05, 0.1) is 19.3 Å². The number of fused-ring (bicyclic) bond motifs is 1. The van der Waals surface area contributed by atoms with Gasteiger partial charge in [-0.15, -0.1) is 0 Å². The lowest BCUT2D eigenvalue weighted by Gasteiger charge is -2.19. The van der Waals surface area contributed by atoms with Crippen molar-refractivity contribution >= 4 is 12.1 Å². The van der Waals surface area contributed by atoms with Gasteiger partial charge in [-0.3, -0.25) is 4.90 Å². The molecular weight excluding hydrogens is 246 g/mol. The third-order valence-electron chi connectivity index (χ3n) is 3.78. The molecule has 100 valence electrons. The molecule has 19 heavy (non-hydrogen) atoms. The minimum absolute atomic E-state index is 0.123. The zero-order valence-electron chi connectivity index (χ0n) is 10.7. The van der Waals surface area contributed by atoms with Crippen LogP contribution in [0.4, 0.5) is 4.79 Å². The number of esters is 1. The van der Waals surface area contributed by atoms with Crippen molar-refractivity contribution in [3.8, 4) is 0 Å². The number of ether oxygens (including phenoxy) is 2. The predicted octanol–water partition coefficient (Wildman–Crippen LogP) is 1.71. The van der Waals surface area contributed by atoms with Gasteiger partial charge in [-0.1, -0.05) is 30.3 Å². The molecule has 2 saturated heterocycles. The molecule has 0 spiro atoms. The first-order valence-electron chi connectivity index (χ1n) is 6.29. The summed E-state index contributed by atoms with van der Waals surface area (Å²) in [6.07, 6.45) is -0.190. The van der Waals surface area contributed by atoms with Crippen LogP contribution in [0.5, 0.6) is 0 Å². The van der Waals surface area contributed by atoms with E-state index in [0.717, 1.165) is 5.56 Å². The molecule has 1 aromatic rings. The van der Waals surface area contributed by atoms with E-state index in [0.29, 0.717) is 19.6 Å². The van der Waals surface area contributed by atoms with Crippen molar-refractivity contribution in [2.45, 2.75) is 31.6 Å². The topological polar surface area (TPSA) is 55.8 Å². The number of cyclic esters (lactones) is 2. The van der Waals surface area contributed by atoms with Gasteiger partial charge in [0, 0.05) is 6.42 Å². The van der Waals surface area contributed by atoms with Gasteiger partial charge in [0.25, 0.3) is 0 Å². The maximum atomic E-state index is 11.7. The number of amides is 1. The minimum Gasteiger partial charge on any atom is -0.374 e. The van der Waals surface area contributed by atoms with Crippen molar-refractivity contribution < 1.29 is 19.1 Å². The van der Waals surface area contributed by atoms with E-state index in [4.69, 9.17) is 4.74 Å². The predicted molar refractivity (Wildman–Crippen MR) is 66.2 cm³/mol. The van der Waals surface area contributed by atoms with Crippen LogP contribution in [0.3, 0.4) is 0 Å². The molecule has 0 aliphatic carbocycles. The van der Waals surface area contributed by atoms with E-state index in [1.165, 1.54) is 4.90 Å².